The fourth-order valence-corrected chi connectivity index (χ4v) is 3.31. The first kappa shape index (κ1) is 13.6. The van der Waals surface area contributed by atoms with Crippen LogP contribution in [0.3, 0.4) is 0 Å². The summed E-state index contributed by atoms with van der Waals surface area (Å²) in [6, 6.07) is 9.66. The maximum Gasteiger partial charge on any atom is 0.157 e. The first-order chi connectivity index (χ1) is 10.7. The average molecular weight is 329 g/mol. The van der Waals surface area contributed by atoms with Gasteiger partial charge in [-0.15, -0.1) is 0 Å². The zero-order valence-corrected chi connectivity index (χ0v) is 12.9. The second-order valence-corrected chi connectivity index (χ2v) is 6.21. The third-order valence-corrected chi connectivity index (χ3v) is 4.60. The Hall–Kier alpha value is -2.09. The Balaban J connectivity index is 1.72. The molecular weight excluding hydrogens is 319 g/mol. The number of rotatable bonds is 2. The van der Waals surface area contributed by atoms with E-state index >= 15 is 0 Å². The number of imidazole rings is 1. The summed E-state index contributed by atoms with van der Waals surface area (Å²) >= 11 is 12.1. The maximum atomic E-state index is 9.10. The zero-order chi connectivity index (χ0) is 15.3. The van der Waals surface area contributed by atoms with Gasteiger partial charge in [0.05, 0.1) is 10.6 Å². The number of aromatic nitrogens is 3. The summed E-state index contributed by atoms with van der Waals surface area (Å²) in [6.45, 7) is 0. The molecule has 2 aromatic heterocycles. The quantitative estimate of drug-likeness (QED) is 0.709. The molecule has 1 saturated carbocycles. The van der Waals surface area contributed by atoms with Gasteiger partial charge in [0.15, 0.2) is 5.65 Å². The van der Waals surface area contributed by atoms with Gasteiger partial charge in [-0.3, -0.25) is 0 Å². The van der Waals surface area contributed by atoms with Gasteiger partial charge in [0.1, 0.15) is 11.2 Å². The molecule has 0 bridgehead atoms. The van der Waals surface area contributed by atoms with Gasteiger partial charge in [0.2, 0.25) is 0 Å². The summed E-state index contributed by atoms with van der Waals surface area (Å²) in [7, 11) is 0. The van der Waals surface area contributed by atoms with Crippen LogP contribution in [0.15, 0.2) is 36.7 Å². The monoisotopic (exact) mass is 328 g/mol. The van der Waals surface area contributed by atoms with Crippen LogP contribution in [-0.2, 0) is 0 Å². The average Bonchev–Trinajstić information content (AvgIpc) is 3.17. The standard InChI is InChI=1S/C16H10Cl2N4/c17-14-2-1-9(5-10(14)8-19)11-6-12(11)13-7-15(18)21-22-4-3-20-16(13)22/h1-5,7,11-12H,6H2/t11-,12+/m1/s1. The van der Waals surface area contributed by atoms with E-state index in [4.69, 9.17) is 28.5 Å². The molecule has 0 spiro atoms. The van der Waals surface area contributed by atoms with Crippen LogP contribution in [0.4, 0.5) is 0 Å². The molecule has 3 aromatic rings. The second-order valence-electron chi connectivity index (χ2n) is 5.42. The molecule has 108 valence electrons. The van der Waals surface area contributed by atoms with Crippen molar-refractivity contribution >= 4 is 28.8 Å². The summed E-state index contributed by atoms with van der Waals surface area (Å²) in [5.41, 5.74) is 3.59. The smallest absolute Gasteiger partial charge is 0.157 e. The van der Waals surface area contributed by atoms with Crippen molar-refractivity contribution in [3.05, 3.63) is 63.5 Å². The van der Waals surface area contributed by atoms with Crippen LogP contribution in [0.5, 0.6) is 0 Å². The van der Waals surface area contributed by atoms with Gasteiger partial charge in [-0.05, 0) is 42.0 Å². The highest BCUT2D eigenvalue weighted by Crippen LogP contribution is 2.55. The molecule has 0 radical (unpaired) electrons. The summed E-state index contributed by atoms with van der Waals surface area (Å²) in [4.78, 5) is 4.37. The maximum absolute atomic E-state index is 9.10. The summed E-state index contributed by atoms with van der Waals surface area (Å²) in [6.07, 6.45) is 4.52. The molecule has 0 saturated heterocycles. The van der Waals surface area contributed by atoms with Crippen molar-refractivity contribution < 1.29 is 0 Å². The Morgan fingerprint density at radius 3 is 2.91 bits per heavy atom. The van der Waals surface area contributed by atoms with Crippen molar-refractivity contribution in [3.63, 3.8) is 0 Å². The number of halogens is 2. The lowest BCUT2D eigenvalue weighted by atomic mass is 10.0. The molecule has 4 nitrogen and oxygen atoms in total. The number of benzene rings is 1. The van der Waals surface area contributed by atoms with E-state index in [0.717, 1.165) is 23.2 Å². The van der Waals surface area contributed by atoms with Crippen molar-refractivity contribution in [3.8, 4) is 6.07 Å². The van der Waals surface area contributed by atoms with Crippen molar-refractivity contribution in [2.24, 2.45) is 0 Å². The van der Waals surface area contributed by atoms with Crippen molar-refractivity contribution in [2.75, 3.05) is 0 Å². The molecule has 2 heterocycles. The predicted molar refractivity (Wildman–Crippen MR) is 84.3 cm³/mol. The second kappa shape index (κ2) is 4.98. The zero-order valence-electron chi connectivity index (χ0n) is 11.4. The molecule has 6 heteroatoms. The minimum Gasteiger partial charge on any atom is -0.235 e. The Kier molecular flexibility index (Phi) is 3.07. The number of nitriles is 1. The molecule has 1 fully saturated rings. The molecule has 1 aliphatic carbocycles. The lowest BCUT2D eigenvalue weighted by molar-refractivity contribution is 0.906. The number of hydrogen-bond acceptors (Lipinski definition) is 3. The fourth-order valence-electron chi connectivity index (χ4n) is 2.95. The SMILES string of the molecule is N#Cc1cc([C@H]2C[C@@H]2c2cc(Cl)nn3ccnc23)ccc1Cl. The topological polar surface area (TPSA) is 54.0 Å². The molecule has 0 unspecified atom stereocenters. The molecule has 2 atom stereocenters. The van der Waals surface area contributed by atoms with E-state index in [0.29, 0.717) is 27.6 Å². The van der Waals surface area contributed by atoms with Crippen LogP contribution >= 0.6 is 23.2 Å². The van der Waals surface area contributed by atoms with E-state index in [9.17, 15) is 0 Å². The number of nitrogens with zero attached hydrogens (tertiary/aromatic N) is 4. The first-order valence-corrected chi connectivity index (χ1v) is 7.62. The summed E-state index contributed by atoms with van der Waals surface area (Å²) < 4.78 is 1.70. The van der Waals surface area contributed by atoms with E-state index in [2.05, 4.69) is 16.2 Å². The van der Waals surface area contributed by atoms with Crippen LogP contribution in [-0.4, -0.2) is 14.6 Å². The summed E-state index contributed by atoms with van der Waals surface area (Å²) in [5.74, 6) is 0.710. The minimum absolute atomic E-state index is 0.345. The van der Waals surface area contributed by atoms with E-state index in [-0.39, 0.29) is 0 Å². The minimum atomic E-state index is 0.345. The Morgan fingerprint density at radius 2 is 2.09 bits per heavy atom. The summed E-state index contributed by atoms with van der Waals surface area (Å²) in [5, 5.41) is 14.3. The van der Waals surface area contributed by atoms with Gasteiger partial charge in [-0.2, -0.15) is 10.4 Å². The molecule has 0 aliphatic heterocycles. The van der Waals surface area contributed by atoms with Crippen molar-refractivity contribution in [1.82, 2.24) is 14.6 Å². The van der Waals surface area contributed by atoms with Gasteiger partial charge < -0.3 is 0 Å². The van der Waals surface area contributed by atoms with Gasteiger partial charge in [0.25, 0.3) is 0 Å². The van der Waals surface area contributed by atoms with Gasteiger partial charge in [-0.1, -0.05) is 29.3 Å². The lowest BCUT2D eigenvalue weighted by Crippen LogP contribution is -1.96. The number of fused-ring (bicyclic) bond motifs is 1. The van der Waals surface area contributed by atoms with Crippen molar-refractivity contribution in [2.45, 2.75) is 18.3 Å². The first-order valence-electron chi connectivity index (χ1n) is 6.86. The predicted octanol–water partition coefficient (Wildman–Crippen LogP) is 4.18. The van der Waals surface area contributed by atoms with Crippen LogP contribution in [0.2, 0.25) is 10.2 Å². The third kappa shape index (κ3) is 2.14. The van der Waals surface area contributed by atoms with E-state index in [1.54, 1.807) is 23.0 Å². The Bertz CT molecular complexity index is 926. The fraction of sp³-hybridized carbons (Fsp3) is 0.188. The largest absolute Gasteiger partial charge is 0.235 e. The molecular formula is C16H10Cl2N4. The lowest BCUT2D eigenvalue weighted by Gasteiger charge is -2.05. The Labute approximate surface area is 136 Å². The molecule has 0 N–H and O–H groups in total. The van der Waals surface area contributed by atoms with E-state index in [1.165, 1.54) is 0 Å². The highest BCUT2D eigenvalue weighted by molar-refractivity contribution is 6.31. The molecule has 4 rings (SSSR count). The van der Waals surface area contributed by atoms with E-state index < -0.39 is 0 Å². The molecule has 1 aliphatic rings. The van der Waals surface area contributed by atoms with Crippen LogP contribution < -0.4 is 0 Å². The van der Waals surface area contributed by atoms with Crippen molar-refractivity contribution in [1.29, 1.82) is 5.26 Å². The Morgan fingerprint density at radius 1 is 1.23 bits per heavy atom. The van der Waals surface area contributed by atoms with Crippen LogP contribution in [0.25, 0.3) is 5.65 Å². The van der Waals surface area contributed by atoms with E-state index in [1.807, 2.05) is 18.2 Å². The normalized spacial score (nSPS) is 20.0. The molecule has 1 aromatic carbocycles. The third-order valence-electron chi connectivity index (χ3n) is 4.09. The van der Waals surface area contributed by atoms with Crippen LogP contribution in [0.1, 0.15) is 34.9 Å². The molecule has 22 heavy (non-hydrogen) atoms. The van der Waals surface area contributed by atoms with Gasteiger partial charge in [0, 0.05) is 18.0 Å². The highest BCUT2D eigenvalue weighted by Gasteiger charge is 2.41. The molecule has 0 amide bonds. The number of hydrogen-bond donors (Lipinski definition) is 0. The van der Waals surface area contributed by atoms with Gasteiger partial charge >= 0.3 is 0 Å². The van der Waals surface area contributed by atoms with Gasteiger partial charge in [-0.25, -0.2) is 9.50 Å². The highest BCUT2D eigenvalue weighted by atomic mass is 35.5. The van der Waals surface area contributed by atoms with Crippen LogP contribution in [0, 0.1) is 11.3 Å².